The molecule has 0 saturated heterocycles. The predicted octanol–water partition coefficient (Wildman–Crippen LogP) is 2.45. The van der Waals surface area contributed by atoms with E-state index in [1.807, 2.05) is 61.5 Å². The molecule has 1 aromatic heterocycles. The lowest BCUT2D eigenvalue weighted by Crippen LogP contribution is -2.34. The zero-order valence-electron chi connectivity index (χ0n) is 13.6. The average Bonchev–Trinajstić information content (AvgIpc) is 2.99. The first-order chi connectivity index (χ1) is 12.1. The van der Waals surface area contributed by atoms with E-state index in [1.54, 1.807) is 0 Å². The van der Waals surface area contributed by atoms with Gasteiger partial charge in [-0.3, -0.25) is 4.79 Å². The minimum atomic E-state index is -0.507. The molecule has 3 aromatic rings. The number of anilines is 1. The molecule has 1 heterocycles. The van der Waals surface area contributed by atoms with E-state index in [0.717, 1.165) is 16.9 Å². The van der Waals surface area contributed by atoms with Crippen LogP contribution in [0.4, 0.5) is 5.69 Å². The molecule has 0 saturated carbocycles. The van der Waals surface area contributed by atoms with E-state index in [2.05, 4.69) is 10.6 Å². The quantitative estimate of drug-likeness (QED) is 0.542. The van der Waals surface area contributed by atoms with E-state index in [4.69, 9.17) is 4.52 Å². The third-order valence-electron chi connectivity index (χ3n) is 3.48. The first kappa shape index (κ1) is 17.0. The number of thioether (sulfide) groups is 1. The van der Waals surface area contributed by atoms with Gasteiger partial charge >= 0.3 is 0 Å². The van der Waals surface area contributed by atoms with Crippen LogP contribution in [-0.4, -0.2) is 16.9 Å². The molecule has 3 rings (SSSR count). The van der Waals surface area contributed by atoms with Gasteiger partial charge in [0.05, 0.1) is 5.27 Å². The Kier molecular flexibility index (Phi) is 5.35. The zero-order chi connectivity index (χ0) is 17.6. The molecule has 1 N–H and O–H groups in total. The van der Waals surface area contributed by atoms with Gasteiger partial charge in [-0.1, -0.05) is 47.7 Å². The number of rotatable bonds is 6. The van der Waals surface area contributed by atoms with Crippen LogP contribution in [0.2, 0.25) is 0 Å². The molecule has 0 fully saturated rings. The number of amides is 1. The number of carbonyl (C=O) groups excluding carboxylic acids is 1. The monoisotopic (exact) mass is 355 g/mol. The lowest BCUT2D eigenvalue weighted by Gasteiger charge is -2.05. The molecule has 128 valence electrons. The lowest BCUT2D eigenvalue weighted by atomic mass is 10.2. The molecule has 0 aliphatic carbocycles. The maximum Gasteiger partial charge on any atom is 0.297 e. The molecule has 0 atom stereocenters. The van der Waals surface area contributed by atoms with Gasteiger partial charge in [0.2, 0.25) is 11.6 Å². The second-order valence-corrected chi connectivity index (χ2v) is 6.51. The van der Waals surface area contributed by atoms with Crippen LogP contribution in [0, 0.1) is 6.92 Å². The van der Waals surface area contributed by atoms with Gasteiger partial charge in [-0.25, -0.2) is 0 Å². The number of hydrogen-bond donors (Lipinski definition) is 1. The number of aromatic nitrogens is 2. The fourth-order valence-corrected chi connectivity index (χ4v) is 3.09. The Morgan fingerprint density at radius 2 is 1.92 bits per heavy atom. The van der Waals surface area contributed by atoms with Crippen molar-refractivity contribution >= 4 is 23.4 Å². The van der Waals surface area contributed by atoms with Gasteiger partial charge in [0.1, 0.15) is 0 Å². The van der Waals surface area contributed by atoms with Crippen LogP contribution in [-0.2, 0) is 4.79 Å². The number of para-hydroxylation sites is 1. The number of carbonyl (C=O) groups is 1. The molecule has 25 heavy (non-hydrogen) atoms. The Bertz CT molecular complexity index is 848. The molecule has 1 amide bonds. The number of benzene rings is 2. The summed E-state index contributed by atoms with van der Waals surface area (Å²) in [5, 5.41) is 18.8. The largest absolute Gasteiger partial charge is 0.538 e. The van der Waals surface area contributed by atoms with E-state index in [9.17, 15) is 9.90 Å². The molecule has 0 aliphatic heterocycles. The van der Waals surface area contributed by atoms with Crippen molar-refractivity contribution in [3.05, 3.63) is 60.2 Å². The van der Waals surface area contributed by atoms with E-state index in [1.165, 1.54) is 16.4 Å². The van der Waals surface area contributed by atoms with Gasteiger partial charge in [0.15, 0.2) is 5.95 Å². The summed E-state index contributed by atoms with van der Waals surface area (Å²) >= 11 is 1.25. The lowest BCUT2D eigenvalue weighted by molar-refractivity contribution is -0.705. The van der Waals surface area contributed by atoms with E-state index < -0.39 is 5.95 Å². The first-order valence-electron chi connectivity index (χ1n) is 7.77. The molecule has 0 spiro atoms. The predicted molar refractivity (Wildman–Crippen MR) is 92.6 cm³/mol. The van der Waals surface area contributed by atoms with Crippen molar-refractivity contribution in [2.45, 2.75) is 18.4 Å². The third-order valence-corrected chi connectivity index (χ3v) is 4.50. The van der Waals surface area contributed by atoms with Gasteiger partial charge in [-0.2, -0.15) is 0 Å². The normalized spacial score (nSPS) is 10.6. The molecule has 0 unspecified atom stereocenters. The van der Waals surface area contributed by atoms with Crippen molar-refractivity contribution in [2.75, 3.05) is 11.1 Å². The maximum atomic E-state index is 12.0. The van der Waals surface area contributed by atoms with Crippen LogP contribution < -0.4 is 15.1 Å². The van der Waals surface area contributed by atoms with Crippen LogP contribution in [0.25, 0.3) is 5.69 Å². The van der Waals surface area contributed by atoms with E-state index in [-0.39, 0.29) is 12.3 Å². The number of aryl methyl sites for hydroxylation is 1. The van der Waals surface area contributed by atoms with Gasteiger partial charge in [-0.15, -0.1) is 0 Å². The van der Waals surface area contributed by atoms with Crippen LogP contribution in [0.15, 0.2) is 64.1 Å². The second kappa shape index (κ2) is 7.85. The van der Waals surface area contributed by atoms with Crippen LogP contribution in [0.3, 0.4) is 0 Å². The summed E-state index contributed by atoms with van der Waals surface area (Å²) in [5.74, 6) is -0.166. The van der Waals surface area contributed by atoms with Crippen LogP contribution in [0.1, 0.15) is 12.0 Å². The fourth-order valence-electron chi connectivity index (χ4n) is 2.19. The molecule has 2 aromatic carbocycles. The summed E-state index contributed by atoms with van der Waals surface area (Å²) in [7, 11) is 0. The zero-order valence-corrected chi connectivity index (χ0v) is 14.5. The maximum absolute atomic E-state index is 12.0. The summed E-state index contributed by atoms with van der Waals surface area (Å²) in [6, 6.07) is 16.8. The summed E-state index contributed by atoms with van der Waals surface area (Å²) in [4.78, 5) is 12.0. The Hall–Kier alpha value is -2.80. The molecule has 0 bridgehead atoms. The Morgan fingerprint density at radius 1 is 1.20 bits per heavy atom. The number of nitrogens with zero attached hydrogens (tertiary/aromatic N) is 2. The third kappa shape index (κ3) is 4.39. The second-order valence-electron chi connectivity index (χ2n) is 5.43. The Labute approximate surface area is 149 Å². The van der Waals surface area contributed by atoms with Gasteiger partial charge in [-0.05, 0) is 23.7 Å². The van der Waals surface area contributed by atoms with Gasteiger partial charge in [0, 0.05) is 30.0 Å². The minimum Gasteiger partial charge on any atom is -0.538 e. The smallest absolute Gasteiger partial charge is 0.297 e. The van der Waals surface area contributed by atoms with Crippen molar-refractivity contribution in [1.82, 2.24) is 5.27 Å². The van der Waals surface area contributed by atoms with Crippen molar-refractivity contribution < 1.29 is 19.1 Å². The summed E-state index contributed by atoms with van der Waals surface area (Å²) in [5.41, 5.74) is 2.63. The number of nitrogens with one attached hydrogen (secondary N) is 1. The summed E-state index contributed by atoms with van der Waals surface area (Å²) in [6.07, 6.45) is 0.276. The van der Waals surface area contributed by atoms with Crippen molar-refractivity contribution in [3.63, 3.8) is 0 Å². The Morgan fingerprint density at radius 3 is 2.64 bits per heavy atom. The van der Waals surface area contributed by atoms with E-state index in [0.29, 0.717) is 10.8 Å². The highest BCUT2D eigenvalue weighted by Gasteiger charge is 2.20. The molecule has 6 nitrogen and oxygen atoms in total. The standard InChI is InChI=1S/C18H17N3O3S/c1-13-7-9-14(10-8-13)19-16(22)11-12-25-17-18(23)24-20-21(17)15-5-3-2-4-6-15/h2-10H,11-12H2,1H3,(H-,19,20,22,23). The van der Waals surface area contributed by atoms with Crippen molar-refractivity contribution in [3.8, 4) is 11.6 Å². The molecule has 0 aliphatic rings. The van der Waals surface area contributed by atoms with E-state index >= 15 is 0 Å². The highest BCUT2D eigenvalue weighted by Crippen LogP contribution is 2.24. The SMILES string of the molecule is Cc1ccc(NC(=O)CCSc2c([O-])on[n+]2-c2ccccc2)cc1. The highest BCUT2D eigenvalue weighted by molar-refractivity contribution is 7.99. The van der Waals surface area contributed by atoms with Gasteiger partial charge in [0.25, 0.3) is 5.03 Å². The minimum absolute atomic E-state index is 0.105. The average molecular weight is 355 g/mol. The molecular weight excluding hydrogens is 338 g/mol. The molecule has 0 radical (unpaired) electrons. The first-order valence-corrected chi connectivity index (χ1v) is 8.76. The summed E-state index contributed by atoms with van der Waals surface area (Å²) in [6.45, 7) is 1.99. The molecular formula is C18H17N3O3S. The summed E-state index contributed by atoms with van der Waals surface area (Å²) < 4.78 is 6.20. The van der Waals surface area contributed by atoms with Gasteiger partial charge < -0.3 is 14.9 Å². The molecule has 7 heteroatoms. The van der Waals surface area contributed by atoms with Crippen LogP contribution >= 0.6 is 11.8 Å². The topological polar surface area (TPSA) is 82.1 Å². The van der Waals surface area contributed by atoms with Crippen molar-refractivity contribution in [1.29, 1.82) is 0 Å². The van der Waals surface area contributed by atoms with Crippen LogP contribution in [0.5, 0.6) is 5.95 Å². The number of hydrogen-bond acceptors (Lipinski definition) is 5. The Balaban J connectivity index is 1.58. The van der Waals surface area contributed by atoms with Crippen molar-refractivity contribution in [2.24, 2.45) is 0 Å². The highest BCUT2D eigenvalue weighted by atomic mass is 32.2. The fraction of sp³-hybridized carbons (Fsp3) is 0.167.